The Bertz CT molecular complexity index is 1140. The van der Waals surface area contributed by atoms with Crippen molar-refractivity contribution in [2.24, 2.45) is 5.92 Å². The summed E-state index contributed by atoms with van der Waals surface area (Å²) in [6.45, 7) is 2.78. The Kier molecular flexibility index (Phi) is 5.66. The summed E-state index contributed by atoms with van der Waals surface area (Å²) >= 11 is 0. The van der Waals surface area contributed by atoms with E-state index in [9.17, 15) is 4.39 Å². The van der Waals surface area contributed by atoms with Crippen LogP contribution < -0.4 is 4.74 Å². The molecule has 0 fully saturated rings. The molecule has 0 bridgehead atoms. The van der Waals surface area contributed by atoms with Crippen molar-refractivity contribution in [2.45, 2.75) is 13.3 Å². The molecule has 4 aromatic rings. The average Bonchev–Trinajstić information content (AvgIpc) is 3.14. The number of aromatic amines is 1. The number of rotatable bonds is 7. The Hall–Kier alpha value is -3.47. The summed E-state index contributed by atoms with van der Waals surface area (Å²) in [4.78, 5) is 11.1. The largest absolute Gasteiger partial charge is 0.492 e. The summed E-state index contributed by atoms with van der Waals surface area (Å²) in [6, 6.07) is 13.4. The highest BCUT2D eigenvalue weighted by Crippen LogP contribution is 2.21. The number of hydrogen-bond acceptors (Lipinski definition) is 3. The lowest BCUT2D eigenvalue weighted by Gasteiger charge is -2.13. The molecule has 0 radical (unpaired) electrons. The second-order valence-corrected chi connectivity index (χ2v) is 7.18. The van der Waals surface area contributed by atoms with Gasteiger partial charge in [0.25, 0.3) is 0 Å². The van der Waals surface area contributed by atoms with Gasteiger partial charge < -0.3 is 9.72 Å². The highest BCUT2D eigenvalue weighted by Gasteiger charge is 2.09. The van der Waals surface area contributed by atoms with E-state index in [1.807, 2.05) is 24.3 Å². The van der Waals surface area contributed by atoms with Crippen LogP contribution in [0.2, 0.25) is 0 Å². The zero-order chi connectivity index (χ0) is 20.1. The molecule has 0 aliphatic rings. The molecule has 1 N–H and O–H groups in total. The predicted octanol–water partition coefficient (Wildman–Crippen LogP) is 5.53. The third-order valence-corrected chi connectivity index (χ3v) is 4.73. The van der Waals surface area contributed by atoms with Crippen molar-refractivity contribution in [3.8, 4) is 5.75 Å². The fourth-order valence-corrected chi connectivity index (χ4v) is 3.29. The lowest BCUT2D eigenvalue weighted by molar-refractivity contribution is 0.259. The topological polar surface area (TPSA) is 50.8 Å². The van der Waals surface area contributed by atoms with Crippen LogP contribution in [-0.2, 0) is 6.42 Å². The van der Waals surface area contributed by atoms with Gasteiger partial charge in [0, 0.05) is 35.6 Å². The maximum absolute atomic E-state index is 13.2. The van der Waals surface area contributed by atoms with Gasteiger partial charge in [0.2, 0.25) is 5.95 Å². The molecular weight excluding hydrogens is 365 g/mol. The van der Waals surface area contributed by atoms with Gasteiger partial charge in [0.15, 0.2) is 0 Å². The SMILES string of the molecule is CC(COc1cncc(/C=C/c2ccnc(F)c2)c1)Cc1c[nH]c2ccccc12. The van der Waals surface area contributed by atoms with Gasteiger partial charge in [-0.3, -0.25) is 4.98 Å². The second-order valence-electron chi connectivity index (χ2n) is 7.18. The molecule has 4 rings (SSSR count). The lowest BCUT2D eigenvalue weighted by atomic mass is 10.0. The summed E-state index contributed by atoms with van der Waals surface area (Å²) in [6.07, 6.45) is 11.6. The van der Waals surface area contributed by atoms with E-state index in [0.29, 0.717) is 12.5 Å². The van der Waals surface area contributed by atoms with Crippen molar-refractivity contribution in [1.82, 2.24) is 15.0 Å². The van der Waals surface area contributed by atoms with Gasteiger partial charge in [-0.05, 0) is 47.2 Å². The molecule has 3 aromatic heterocycles. The number of nitrogens with zero attached hydrogens (tertiary/aromatic N) is 2. The minimum Gasteiger partial charge on any atom is -0.492 e. The zero-order valence-electron chi connectivity index (χ0n) is 16.2. The third kappa shape index (κ3) is 4.88. The Morgan fingerprint density at radius 2 is 1.97 bits per heavy atom. The normalized spacial score (nSPS) is 12.5. The first-order valence-electron chi connectivity index (χ1n) is 9.60. The van der Waals surface area contributed by atoms with E-state index in [-0.39, 0.29) is 0 Å². The van der Waals surface area contributed by atoms with Crippen molar-refractivity contribution in [2.75, 3.05) is 6.61 Å². The smallest absolute Gasteiger partial charge is 0.213 e. The number of nitrogens with one attached hydrogen (secondary N) is 1. The molecule has 4 nitrogen and oxygen atoms in total. The Balaban J connectivity index is 1.36. The first-order valence-corrected chi connectivity index (χ1v) is 9.60. The minimum atomic E-state index is -0.494. The van der Waals surface area contributed by atoms with Crippen molar-refractivity contribution < 1.29 is 9.13 Å². The fraction of sp³-hybridized carbons (Fsp3) is 0.167. The van der Waals surface area contributed by atoms with Gasteiger partial charge in [-0.25, -0.2) is 4.98 Å². The van der Waals surface area contributed by atoms with Crippen LogP contribution in [0.4, 0.5) is 4.39 Å². The maximum atomic E-state index is 13.2. The van der Waals surface area contributed by atoms with Gasteiger partial charge >= 0.3 is 0 Å². The van der Waals surface area contributed by atoms with Gasteiger partial charge in [-0.2, -0.15) is 4.39 Å². The molecule has 29 heavy (non-hydrogen) atoms. The minimum absolute atomic E-state index is 0.355. The number of aromatic nitrogens is 3. The van der Waals surface area contributed by atoms with Crippen LogP contribution in [0, 0.1) is 11.9 Å². The van der Waals surface area contributed by atoms with E-state index in [4.69, 9.17) is 4.74 Å². The average molecular weight is 387 g/mol. The molecule has 0 saturated carbocycles. The number of ether oxygens (including phenoxy) is 1. The highest BCUT2D eigenvalue weighted by atomic mass is 19.1. The van der Waals surface area contributed by atoms with Crippen LogP contribution in [0.3, 0.4) is 0 Å². The van der Waals surface area contributed by atoms with Crippen LogP contribution >= 0.6 is 0 Å². The molecule has 1 aromatic carbocycles. The zero-order valence-corrected chi connectivity index (χ0v) is 16.2. The monoisotopic (exact) mass is 387 g/mol. The van der Waals surface area contributed by atoms with Crippen molar-refractivity contribution in [3.05, 3.63) is 89.9 Å². The van der Waals surface area contributed by atoms with Gasteiger partial charge in [0.1, 0.15) is 5.75 Å². The van der Waals surface area contributed by atoms with E-state index >= 15 is 0 Å². The van der Waals surface area contributed by atoms with Crippen LogP contribution in [0.1, 0.15) is 23.6 Å². The summed E-state index contributed by atoms with van der Waals surface area (Å²) in [5.74, 6) is 0.582. The number of hydrogen-bond donors (Lipinski definition) is 1. The summed E-state index contributed by atoms with van der Waals surface area (Å²) < 4.78 is 19.1. The molecular formula is C24H22FN3O. The Morgan fingerprint density at radius 1 is 1.10 bits per heavy atom. The second kappa shape index (κ2) is 8.69. The quantitative estimate of drug-likeness (QED) is 0.425. The van der Waals surface area contributed by atoms with Crippen LogP contribution in [0.25, 0.3) is 23.1 Å². The van der Waals surface area contributed by atoms with Gasteiger partial charge in [0.05, 0.1) is 12.8 Å². The molecule has 0 saturated heterocycles. The first kappa shape index (κ1) is 18.9. The number of fused-ring (bicyclic) bond motifs is 1. The molecule has 146 valence electrons. The number of para-hydroxylation sites is 1. The van der Waals surface area contributed by atoms with E-state index < -0.39 is 5.95 Å². The first-order chi connectivity index (χ1) is 14.2. The van der Waals surface area contributed by atoms with Crippen LogP contribution in [0.15, 0.2) is 67.3 Å². The molecule has 3 heterocycles. The number of benzene rings is 1. The maximum Gasteiger partial charge on any atom is 0.213 e. The number of pyridine rings is 2. The fourth-order valence-electron chi connectivity index (χ4n) is 3.29. The Morgan fingerprint density at radius 3 is 2.86 bits per heavy atom. The molecule has 1 atom stereocenters. The van der Waals surface area contributed by atoms with Crippen molar-refractivity contribution in [3.63, 3.8) is 0 Å². The Labute approximate surface area is 169 Å². The third-order valence-electron chi connectivity index (χ3n) is 4.73. The molecule has 0 aliphatic heterocycles. The van der Waals surface area contributed by atoms with Crippen molar-refractivity contribution in [1.29, 1.82) is 0 Å². The van der Waals surface area contributed by atoms with E-state index in [1.165, 1.54) is 23.2 Å². The summed E-state index contributed by atoms with van der Waals surface area (Å²) in [7, 11) is 0. The standard InChI is InChI=1S/C24H22FN3O/c1-17(10-20-14-28-23-5-3-2-4-22(20)23)16-29-21-11-19(13-26-15-21)7-6-18-8-9-27-24(25)12-18/h2-9,11-15,17,28H,10,16H2,1H3/b7-6+. The molecule has 5 heteroatoms. The molecule has 1 unspecified atom stereocenters. The highest BCUT2D eigenvalue weighted by molar-refractivity contribution is 5.83. The number of halogens is 1. The lowest BCUT2D eigenvalue weighted by Crippen LogP contribution is -2.11. The number of H-pyrrole nitrogens is 1. The summed E-state index contributed by atoms with van der Waals surface area (Å²) in [5.41, 5.74) is 4.10. The summed E-state index contributed by atoms with van der Waals surface area (Å²) in [5, 5.41) is 1.26. The van der Waals surface area contributed by atoms with E-state index in [2.05, 4.69) is 46.3 Å². The van der Waals surface area contributed by atoms with E-state index in [1.54, 1.807) is 18.5 Å². The van der Waals surface area contributed by atoms with Crippen molar-refractivity contribution >= 4 is 23.1 Å². The van der Waals surface area contributed by atoms with Gasteiger partial charge in [-0.15, -0.1) is 0 Å². The van der Waals surface area contributed by atoms with Crippen LogP contribution in [0.5, 0.6) is 5.75 Å². The van der Waals surface area contributed by atoms with Crippen LogP contribution in [-0.4, -0.2) is 21.6 Å². The van der Waals surface area contributed by atoms with E-state index in [0.717, 1.165) is 28.8 Å². The predicted molar refractivity (Wildman–Crippen MR) is 114 cm³/mol. The molecule has 0 aliphatic carbocycles. The molecule has 0 amide bonds. The molecule has 0 spiro atoms. The van der Waals surface area contributed by atoms with Gasteiger partial charge in [-0.1, -0.05) is 37.3 Å².